The summed E-state index contributed by atoms with van der Waals surface area (Å²) < 4.78 is 25.7. The highest BCUT2D eigenvalue weighted by atomic mass is 32.2. The van der Waals surface area contributed by atoms with Gasteiger partial charge in [-0.25, -0.2) is 5.14 Å². The fourth-order valence-corrected chi connectivity index (χ4v) is 0.991. The van der Waals surface area contributed by atoms with Gasteiger partial charge in [-0.3, -0.25) is 0 Å². The summed E-state index contributed by atoms with van der Waals surface area (Å²) in [7, 11) is -1.98. The first kappa shape index (κ1) is 8.95. The summed E-state index contributed by atoms with van der Waals surface area (Å²) in [5.74, 6) is 0. The van der Waals surface area contributed by atoms with Gasteiger partial charge in [-0.15, -0.1) is 0 Å². The van der Waals surface area contributed by atoms with Crippen LogP contribution in [0.25, 0.3) is 0 Å². The SMILES string of the molecule is Cn1cccc1C=NS(N)(=O)=O. The van der Waals surface area contributed by atoms with Gasteiger partial charge in [0, 0.05) is 13.2 Å². The molecule has 1 rings (SSSR count). The summed E-state index contributed by atoms with van der Waals surface area (Å²) >= 11 is 0. The Kier molecular flexibility index (Phi) is 2.30. The molecule has 0 radical (unpaired) electrons. The molecule has 0 fully saturated rings. The Bertz CT molecular complexity index is 391. The van der Waals surface area contributed by atoms with Crippen molar-refractivity contribution in [2.24, 2.45) is 16.6 Å². The van der Waals surface area contributed by atoms with Gasteiger partial charge in [0.2, 0.25) is 0 Å². The van der Waals surface area contributed by atoms with Crippen molar-refractivity contribution in [2.75, 3.05) is 0 Å². The maximum atomic E-state index is 10.4. The Labute approximate surface area is 70.7 Å². The van der Waals surface area contributed by atoms with Crippen molar-refractivity contribution in [2.45, 2.75) is 0 Å². The quantitative estimate of drug-likeness (QED) is 0.642. The molecule has 0 amide bonds. The smallest absolute Gasteiger partial charge is 0.317 e. The summed E-state index contributed by atoms with van der Waals surface area (Å²) in [4.78, 5) is 0. The zero-order valence-corrected chi connectivity index (χ0v) is 7.32. The molecule has 0 aliphatic carbocycles. The van der Waals surface area contributed by atoms with Crippen LogP contribution in [0.15, 0.2) is 22.7 Å². The lowest BCUT2D eigenvalue weighted by atomic mass is 10.5. The highest BCUT2D eigenvalue weighted by Gasteiger charge is 1.96. The van der Waals surface area contributed by atoms with Gasteiger partial charge in [0.15, 0.2) is 0 Å². The van der Waals surface area contributed by atoms with Crippen LogP contribution in [0.4, 0.5) is 0 Å². The Morgan fingerprint density at radius 2 is 2.33 bits per heavy atom. The van der Waals surface area contributed by atoms with E-state index in [2.05, 4.69) is 9.54 Å². The first-order valence-corrected chi connectivity index (χ1v) is 4.69. The Morgan fingerprint density at radius 3 is 2.75 bits per heavy atom. The number of nitrogens with zero attached hydrogens (tertiary/aromatic N) is 2. The van der Waals surface area contributed by atoms with E-state index in [0.29, 0.717) is 5.69 Å². The third-order valence-corrected chi connectivity index (χ3v) is 1.72. The molecule has 1 aromatic heterocycles. The van der Waals surface area contributed by atoms with Crippen LogP contribution < -0.4 is 5.14 Å². The molecule has 6 heteroatoms. The predicted molar refractivity (Wildman–Crippen MR) is 46.1 cm³/mol. The molecule has 12 heavy (non-hydrogen) atoms. The van der Waals surface area contributed by atoms with Gasteiger partial charge in [-0.1, -0.05) is 0 Å². The van der Waals surface area contributed by atoms with Crippen molar-refractivity contribution in [1.29, 1.82) is 0 Å². The van der Waals surface area contributed by atoms with Crippen molar-refractivity contribution in [3.8, 4) is 0 Å². The van der Waals surface area contributed by atoms with Crippen LogP contribution in [0.2, 0.25) is 0 Å². The van der Waals surface area contributed by atoms with E-state index in [4.69, 9.17) is 0 Å². The lowest BCUT2D eigenvalue weighted by molar-refractivity contribution is 0.600. The van der Waals surface area contributed by atoms with E-state index in [-0.39, 0.29) is 0 Å². The average molecular weight is 187 g/mol. The molecule has 0 aliphatic heterocycles. The molecule has 0 atom stereocenters. The van der Waals surface area contributed by atoms with Crippen molar-refractivity contribution in [3.63, 3.8) is 0 Å². The molecular formula is C6H9N3O2S. The summed E-state index contributed by atoms with van der Waals surface area (Å²) in [5.41, 5.74) is 0.684. The van der Waals surface area contributed by atoms with E-state index in [1.54, 1.807) is 29.9 Å². The number of hydrogen-bond donors (Lipinski definition) is 1. The first-order chi connectivity index (χ1) is 5.49. The molecule has 0 saturated heterocycles. The molecule has 2 N–H and O–H groups in total. The number of hydrogen-bond acceptors (Lipinski definition) is 2. The summed E-state index contributed by atoms with van der Waals surface area (Å²) in [6.07, 6.45) is 2.99. The maximum Gasteiger partial charge on any atom is 0.317 e. The van der Waals surface area contributed by atoms with Crippen LogP contribution in [0, 0.1) is 0 Å². The molecule has 1 aromatic rings. The van der Waals surface area contributed by atoms with Gasteiger partial charge >= 0.3 is 10.2 Å². The molecular weight excluding hydrogens is 178 g/mol. The van der Waals surface area contributed by atoms with Crippen molar-refractivity contribution < 1.29 is 8.42 Å². The van der Waals surface area contributed by atoms with Crippen LogP contribution in [-0.4, -0.2) is 19.2 Å². The number of aryl methyl sites for hydroxylation is 1. The third-order valence-electron chi connectivity index (χ3n) is 1.32. The van der Waals surface area contributed by atoms with Crippen LogP contribution in [0.1, 0.15) is 5.69 Å². The molecule has 0 saturated carbocycles. The monoisotopic (exact) mass is 187 g/mol. The molecule has 0 unspecified atom stereocenters. The minimum atomic E-state index is -3.76. The Balaban J connectivity index is 2.91. The second-order valence-electron chi connectivity index (χ2n) is 2.29. The van der Waals surface area contributed by atoms with E-state index < -0.39 is 10.2 Å². The van der Waals surface area contributed by atoms with Gasteiger partial charge in [0.1, 0.15) is 0 Å². The molecule has 0 bridgehead atoms. The topological polar surface area (TPSA) is 77.5 Å². The third kappa shape index (κ3) is 2.48. The number of aromatic nitrogens is 1. The Hall–Kier alpha value is -1.14. The highest BCUT2D eigenvalue weighted by molar-refractivity contribution is 7.87. The van der Waals surface area contributed by atoms with E-state index in [0.717, 1.165) is 0 Å². The first-order valence-electron chi connectivity index (χ1n) is 3.18. The summed E-state index contributed by atoms with van der Waals surface area (Å²) in [6, 6.07) is 3.51. The molecule has 5 nitrogen and oxygen atoms in total. The van der Waals surface area contributed by atoms with E-state index in [1.165, 1.54) is 6.21 Å². The van der Waals surface area contributed by atoms with Crippen LogP contribution >= 0.6 is 0 Å². The zero-order valence-electron chi connectivity index (χ0n) is 6.51. The van der Waals surface area contributed by atoms with Gasteiger partial charge in [-0.05, 0) is 12.1 Å². The van der Waals surface area contributed by atoms with Crippen molar-refractivity contribution in [1.82, 2.24) is 4.57 Å². The molecule has 1 heterocycles. The van der Waals surface area contributed by atoms with E-state index in [9.17, 15) is 8.42 Å². The minimum Gasteiger partial charge on any atom is -0.350 e. The highest BCUT2D eigenvalue weighted by Crippen LogP contribution is 1.95. The van der Waals surface area contributed by atoms with Crippen molar-refractivity contribution >= 4 is 16.4 Å². The van der Waals surface area contributed by atoms with E-state index >= 15 is 0 Å². The summed E-state index contributed by atoms with van der Waals surface area (Å²) in [6.45, 7) is 0. The summed E-state index contributed by atoms with van der Waals surface area (Å²) in [5, 5.41) is 4.67. The molecule has 0 spiro atoms. The molecule has 66 valence electrons. The van der Waals surface area contributed by atoms with Crippen LogP contribution in [0.3, 0.4) is 0 Å². The second-order valence-corrected chi connectivity index (χ2v) is 3.53. The van der Waals surface area contributed by atoms with E-state index in [1.807, 2.05) is 0 Å². The normalized spacial score (nSPS) is 12.5. The van der Waals surface area contributed by atoms with Gasteiger partial charge in [0.05, 0.1) is 11.9 Å². The zero-order chi connectivity index (χ0) is 9.19. The fraction of sp³-hybridized carbons (Fsp3) is 0.167. The average Bonchev–Trinajstić information content (AvgIpc) is 2.29. The molecule has 0 aromatic carbocycles. The standard InChI is InChI=1S/C6H9N3O2S/c1-9-4-2-3-6(9)5-8-12(7,10)11/h2-5H,1H3,(H2,7,10,11). The van der Waals surface area contributed by atoms with Crippen molar-refractivity contribution in [3.05, 3.63) is 24.0 Å². The van der Waals surface area contributed by atoms with Crippen LogP contribution in [0.5, 0.6) is 0 Å². The van der Waals surface area contributed by atoms with Gasteiger partial charge < -0.3 is 4.57 Å². The lowest BCUT2D eigenvalue weighted by Crippen LogP contribution is -2.08. The maximum absolute atomic E-state index is 10.4. The Morgan fingerprint density at radius 1 is 1.67 bits per heavy atom. The molecule has 0 aliphatic rings. The number of nitrogens with two attached hydrogens (primary N) is 1. The predicted octanol–water partition coefficient (Wildman–Crippen LogP) is -0.352. The largest absolute Gasteiger partial charge is 0.350 e. The second kappa shape index (κ2) is 3.08. The number of rotatable bonds is 2. The lowest BCUT2D eigenvalue weighted by Gasteiger charge is -1.93. The fourth-order valence-electron chi connectivity index (χ4n) is 0.736. The van der Waals surface area contributed by atoms with Gasteiger partial charge in [-0.2, -0.15) is 12.8 Å². The van der Waals surface area contributed by atoms with Gasteiger partial charge in [0.25, 0.3) is 0 Å². The van der Waals surface area contributed by atoms with Crippen LogP contribution in [-0.2, 0) is 17.3 Å². The minimum absolute atomic E-state index is 0.684.